The van der Waals surface area contributed by atoms with Crippen LogP contribution in [0.1, 0.15) is 63.1 Å². The van der Waals surface area contributed by atoms with E-state index in [2.05, 4.69) is 56.4 Å². The van der Waals surface area contributed by atoms with E-state index in [9.17, 15) is 4.39 Å². The Morgan fingerprint density at radius 2 is 2.07 bits per heavy atom. The van der Waals surface area contributed by atoms with Gasteiger partial charge in [0.05, 0.1) is 0 Å². The number of nitrogens with two attached hydrogens (primary N) is 1. The van der Waals surface area contributed by atoms with Crippen molar-refractivity contribution in [2.24, 2.45) is 5.73 Å². The highest BCUT2D eigenvalue weighted by atomic mass is 19.1. The Labute approximate surface area is 171 Å². The van der Waals surface area contributed by atoms with Crippen molar-refractivity contribution >= 4 is 5.57 Å². The van der Waals surface area contributed by atoms with Gasteiger partial charge in [0, 0.05) is 0 Å². The summed E-state index contributed by atoms with van der Waals surface area (Å²) in [6.45, 7) is 7.87. The number of alkyl halides is 1. The third kappa shape index (κ3) is 9.03. The average Bonchev–Trinajstić information content (AvgIpc) is 2.71. The quantitative estimate of drug-likeness (QED) is 0.387. The topological polar surface area (TPSA) is 26.0 Å². The molecule has 0 amide bonds. The molecule has 0 fully saturated rings. The van der Waals surface area contributed by atoms with Crippen LogP contribution >= 0.6 is 0 Å². The van der Waals surface area contributed by atoms with Crippen LogP contribution < -0.4 is 5.73 Å². The zero-order valence-electron chi connectivity index (χ0n) is 17.9. The molecule has 0 bridgehead atoms. The van der Waals surface area contributed by atoms with E-state index in [1.54, 1.807) is 12.3 Å². The third-order valence-corrected chi connectivity index (χ3v) is 4.61. The Kier molecular flexibility index (Phi) is 11.6. The SMILES string of the molecule is CCC=C[C@H](C)F.CCc1ccc(C(/C=C\N)=C/CC2=CC=CCC2)c(C)c1. The largest absolute Gasteiger partial charge is 0.405 e. The number of aryl methyl sites for hydroxylation is 2. The molecule has 152 valence electrons. The summed E-state index contributed by atoms with van der Waals surface area (Å²) in [7, 11) is 0. The van der Waals surface area contributed by atoms with Crippen molar-refractivity contribution in [2.75, 3.05) is 0 Å². The maximum atomic E-state index is 11.8. The van der Waals surface area contributed by atoms with Gasteiger partial charge in [-0.25, -0.2) is 4.39 Å². The molecule has 1 aliphatic carbocycles. The van der Waals surface area contributed by atoms with Crippen LogP contribution in [0.5, 0.6) is 0 Å². The summed E-state index contributed by atoms with van der Waals surface area (Å²) in [6, 6.07) is 6.70. The highest BCUT2D eigenvalue weighted by Crippen LogP contribution is 2.24. The van der Waals surface area contributed by atoms with Crippen molar-refractivity contribution in [2.45, 2.75) is 66.0 Å². The first-order valence-corrected chi connectivity index (χ1v) is 10.3. The second-order valence-electron chi connectivity index (χ2n) is 7.03. The van der Waals surface area contributed by atoms with Crippen molar-refractivity contribution in [1.29, 1.82) is 0 Å². The normalized spacial score (nSPS) is 15.5. The lowest BCUT2D eigenvalue weighted by atomic mass is 9.94. The Morgan fingerprint density at radius 3 is 2.57 bits per heavy atom. The van der Waals surface area contributed by atoms with Crippen LogP contribution in [0.4, 0.5) is 4.39 Å². The Balaban J connectivity index is 0.000000480. The number of hydrogen-bond donors (Lipinski definition) is 1. The van der Waals surface area contributed by atoms with Gasteiger partial charge < -0.3 is 5.73 Å². The summed E-state index contributed by atoms with van der Waals surface area (Å²) in [6.07, 6.45) is 20.5. The van der Waals surface area contributed by atoms with E-state index in [0.717, 1.165) is 25.7 Å². The second-order valence-corrected chi connectivity index (χ2v) is 7.03. The summed E-state index contributed by atoms with van der Waals surface area (Å²) in [5, 5.41) is 0. The van der Waals surface area contributed by atoms with E-state index in [1.165, 1.54) is 41.2 Å². The van der Waals surface area contributed by atoms with Crippen LogP contribution in [-0.4, -0.2) is 6.17 Å². The predicted molar refractivity (Wildman–Crippen MR) is 123 cm³/mol. The van der Waals surface area contributed by atoms with Crippen molar-refractivity contribution in [3.8, 4) is 0 Å². The van der Waals surface area contributed by atoms with Crippen molar-refractivity contribution in [1.82, 2.24) is 0 Å². The van der Waals surface area contributed by atoms with Crippen molar-refractivity contribution in [3.05, 3.63) is 89.2 Å². The summed E-state index contributed by atoms with van der Waals surface area (Å²) in [5.41, 5.74) is 12.3. The van der Waals surface area contributed by atoms with Crippen molar-refractivity contribution in [3.63, 3.8) is 0 Å². The van der Waals surface area contributed by atoms with Gasteiger partial charge in [0.25, 0.3) is 0 Å². The fourth-order valence-electron chi connectivity index (χ4n) is 3.03. The van der Waals surface area contributed by atoms with E-state index < -0.39 is 6.17 Å². The molecule has 0 radical (unpaired) electrons. The second kappa shape index (κ2) is 13.8. The first-order valence-electron chi connectivity index (χ1n) is 10.3. The molecule has 0 spiro atoms. The van der Waals surface area contributed by atoms with Gasteiger partial charge in [-0.15, -0.1) is 0 Å². The Bertz CT molecular complexity index is 733. The molecule has 0 aliphatic heterocycles. The number of hydrogen-bond acceptors (Lipinski definition) is 1. The standard InChI is InChI=1S/C20H25N.C6H11F/c1-3-17-10-12-20(16(2)15-17)19(13-14-21)11-9-18-7-5-4-6-8-18;1-3-4-5-6(2)7/h4-5,7,10-15H,3,6,8-9,21H2,1-2H3;4-6H,3H2,1-2H3/b14-13-,19-11+;/t;6-/m.0/s1. The first kappa shape index (κ1) is 23.7. The van der Waals surface area contributed by atoms with Gasteiger partial charge in [0.15, 0.2) is 0 Å². The molecule has 0 saturated carbocycles. The molecule has 2 heteroatoms. The molecule has 0 unspecified atom stereocenters. The Hall–Kier alpha value is -2.35. The zero-order valence-corrected chi connectivity index (χ0v) is 17.9. The maximum Gasteiger partial charge on any atom is 0.115 e. The van der Waals surface area contributed by atoms with E-state index in [0.29, 0.717) is 0 Å². The van der Waals surface area contributed by atoms with E-state index in [1.807, 2.05) is 19.1 Å². The maximum absolute atomic E-state index is 11.8. The van der Waals surface area contributed by atoms with E-state index in [4.69, 9.17) is 5.73 Å². The lowest BCUT2D eigenvalue weighted by Gasteiger charge is -2.11. The fraction of sp³-hybridized carbons (Fsp3) is 0.385. The number of allylic oxidation sites excluding steroid dienone is 9. The molecular formula is C26H36FN. The number of rotatable bonds is 7. The summed E-state index contributed by atoms with van der Waals surface area (Å²) in [5.74, 6) is 0. The molecule has 1 aliphatic rings. The predicted octanol–water partition coefficient (Wildman–Crippen LogP) is 7.39. The van der Waals surface area contributed by atoms with Crippen LogP contribution in [0.25, 0.3) is 5.57 Å². The molecule has 0 saturated heterocycles. The van der Waals surface area contributed by atoms with Crippen LogP contribution in [0, 0.1) is 6.92 Å². The van der Waals surface area contributed by atoms with Crippen LogP contribution in [0.2, 0.25) is 0 Å². The molecule has 2 N–H and O–H groups in total. The summed E-state index contributed by atoms with van der Waals surface area (Å²) >= 11 is 0. The fourth-order valence-corrected chi connectivity index (χ4v) is 3.03. The number of benzene rings is 1. The molecule has 1 nitrogen and oxygen atoms in total. The molecule has 1 atom stereocenters. The molecule has 2 rings (SSSR count). The van der Waals surface area contributed by atoms with E-state index >= 15 is 0 Å². The average molecular weight is 382 g/mol. The van der Waals surface area contributed by atoms with Crippen LogP contribution in [-0.2, 0) is 6.42 Å². The summed E-state index contributed by atoms with van der Waals surface area (Å²) in [4.78, 5) is 0. The molecule has 1 aromatic rings. The molecular weight excluding hydrogens is 345 g/mol. The van der Waals surface area contributed by atoms with Crippen LogP contribution in [0.15, 0.2) is 72.5 Å². The molecule has 28 heavy (non-hydrogen) atoms. The van der Waals surface area contributed by atoms with Gasteiger partial charge in [0.1, 0.15) is 6.17 Å². The van der Waals surface area contributed by atoms with Gasteiger partial charge >= 0.3 is 0 Å². The van der Waals surface area contributed by atoms with Gasteiger partial charge in [-0.2, -0.15) is 0 Å². The van der Waals surface area contributed by atoms with Gasteiger partial charge in [-0.05, 0) is 80.5 Å². The summed E-state index contributed by atoms with van der Waals surface area (Å²) < 4.78 is 11.8. The minimum absolute atomic E-state index is 0.778. The minimum Gasteiger partial charge on any atom is -0.405 e. The van der Waals surface area contributed by atoms with Gasteiger partial charge in [-0.1, -0.05) is 74.1 Å². The van der Waals surface area contributed by atoms with Crippen molar-refractivity contribution < 1.29 is 4.39 Å². The molecule has 0 heterocycles. The third-order valence-electron chi connectivity index (χ3n) is 4.61. The molecule has 0 aromatic heterocycles. The zero-order chi connectivity index (χ0) is 20.8. The van der Waals surface area contributed by atoms with E-state index in [-0.39, 0.29) is 0 Å². The Morgan fingerprint density at radius 1 is 1.29 bits per heavy atom. The number of halogens is 1. The van der Waals surface area contributed by atoms with Gasteiger partial charge in [0.2, 0.25) is 0 Å². The lowest BCUT2D eigenvalue weighted by Crippen LogP contribution is -1.92. The van der Waals surface area contributed by atoms with Gasteiger partial charge in [-0.3, -0.25) is 0 Å². The lowest BCUT2D eigenvalue weighted by molar-refractivity contribution is 0.430. The smallest absolute Gasteiger partial charge is 0.115 e. The highest BCUT2D eigenvalue weighted by molar-refractivity contribution is 5.76. The first-order chi connectivity index (χ1) is 13.5. The highest BCUT2D eigenvalue weighted by Gasteiger charge is 2.05. The monoisotopic (exact) mass is 381 g/mol. The van der Waals surface area contributed by atoms with Crippen LogP contribution in [0.3, 0.4) is 0 Å². The minimum atomic E-state index is -0.778. The molecule has 1 aromatic carbocycles.